The molecule has 0 aromatic rings. The lowest BCUT2D eigenvalue weighted by molar-refractivity contribution is -0.138. The van der Waals surface area contributed by atoms with Gasteiger partial charge in [-0.2, -0.15) is 0 Å². The fourth-order valence-electron chi connectivity index (χ4n) is 3.55. The van der Waals surface area contributed by atoms with Gasteiger partial charge < -0.3 is 15.7 Å². The first kappa shape index (κ1) is 14.8. The average Bonchev–Trinajstić information content (AvgIpc) is 2.46. The number of hydrogen-bond acceptors (Lipinski definition) is 3. The molecule has 0 radical (unpaired) electrons. The zero-order valence-electron chi connectivity index (χ0n) is 12.1. The molecule has 1 heterocycles. The zero-order valence-corrected chi connectivity index (χ0v) is 12.1. The van der Waals surface area contributed by atoms with E-state index < -0.39 is 0 Å². The summed E-state index contributed by atoms with van der Waals surface area (Å²) in [6.07, 6.45) is 6.31. The van der Waals surface area contributed by atoms with Crippen LogP contribution in [0, 0.1) is 17.8 Å². The molecule has 4 heteroatoms. The maximum atomic E-state index is 12.5. The maximum Gasteiger partial charge on any atom is 0.225 e. The molecule has 2 aliphatic rings. The lowest BCUT2D eigenvalue weighted by Gasteiger charge is -2.36. The van der Waals surface area contributed by atoms with Gasteiger partial charge in [0.25, 0.3) is 0 Å². The number of nitrogens with zero attached hydrogens (tertiary/aromatic N) is 1. The van der Waals surface area contributed by atoms with Crippen molar-refractivity contribution in [2.24, 2.45) is 23.5 Å². The second-order valence-corrected chi connectivity index (χ2v) is 6.43. The van der Waals surface area contributed by atoms with E-state index in [0.717, 1.165) is 51.6 Å². The van der Waals surface area contributed by atoms with Gasteiger partial charge in [-0.3, -0.25) is 4.79 Å². The summed E-state index contributed by atoms with van der Waals surface area (Å²) in [7, 11) is 0. The Hall–Kier alpha value is -0.610. The Labute approximate surface area is 116 Å². The van der Waals surface area contributed by atoms with Gasteiger partial charge in [-0.1, -0.05) is 13.3 Å². The van der Waals surface area contributed by atoms with E-state index in [4.69, 9.17) is 10.8 Å². The fraction of sp³-hybridized carbons (Fsp3) is 0.933. The van der Waals surface area contributed by atoms with Crippen LogP contribution in [0.3, 0.4) is 0 Å². The number of rotatable bonds is 3. The second-order valence-electron chi connectivity index (χ2n) is 6.43. The monoisotopic (exact) mass is 268 g/mol. The maximum absolute atomic E-state index is 12.5. The summed E-state index contributed by atoms with van der Waals surface area (Å²) in [6, 6.07) is 0.286. The van der Waals surface area contributed by atoms with E-state index in [1.807, 2.05) is 4.90 Å². The van der Waals surface area contributed by atoms with Crippen molar-refractivity contribution < 1.29 is 9.90 Å². The van der Waals surface area contributed by atoms with E-state index in [1.54, 1.807) is 0 Å². The minimum atomic E-state index is 0.108. The van der Waals surface area contributed by atoms with Crippen LogP contribution < -0.4 is 5.73 Å². The van der Waals surface area contributed by atoms with Crippen LogP contribution in [0.4, 0.5) is 0 Å². The second kappa shape index (κ2) is 6.71. The molecule has 3 atom stereocenters. The number of hydrogen-bond donors (Lipinski definition) is 2. The van der Waals surface area contributed by atoms with Crippen molar-refractivity contribution in [1.82, 2.24) is 4.90 Å². The van der Waals surface area contributed by atoms with Crippen molar-refractivity contribution in [2.75, 3.05) is 19.7 Å². The molecule has 4 nitrogen and oxygen atoms in total. The fourth-order valence-corrected chi connectivity index (χ4v) is 3.55. The molecule has 3 N–H and O–H groups in total. The number of carbonyl (C=O) groups is 1. The van der Waals surface area contributed by atoms with Crippen LogP contribution in [0.2, 0.25) is 0 Å². The highest BCUT2D eigenvalue weighted by molar-refractivity contribution is 5.78. The Morgan fingerprint density at radius 1 is 1.32 bits per heavy atom. The molecule has 2 fully saturated rings. The highest BCUT2D eigenvalue weighted by Crippen LogP contribution is 2.31. The molecule has 0 aromatic heterocycles. The summed E-state index contributed by atoms with van der Waals surface area (Å²) in [5.41, 5.74) is 6.03. The standard InChI is InChI=1S/C15H28N2O2/c1-11(13-3-2-4-14(16)9-13)15(19)17-7-5-12(10-18)6-8-17/h11-14,18H,2-10,16H2,1H3. The molecule has 19 heavy (non-hydrogen) atoms. The van der Waals surface area contributed by atoms with Gasteiger partial charge >= 0.3 is 0 Å². The number of nitrogens with two attached hydrogens (primary N) is 1. The number of piperidine rings is 1. The molecular formula is C15H28N2O2. The largest absolute Gasteiger partial charge is 0.396 e. The van der Waals surface area contributed by atoms with Crippen LogP contribution in [-0.2, 0) is 4.79 Å². The Bertz CT molecular complexity index is 301. The molecule has 1 aliphatic heterocycles. The predicted molar refractivity (Wildman–Crippen MR) is 75.5 cm³/mol. The Morgan fingerprint density at radius 2 is 2.00 bits per heavy atom. The first-order valence-electron chi connectivity index (χ1n) is 7.77. The number of amides is 1. The van der Waals surface area contributed by atoms with Crippen molar-refractivity contribution in [1.29, 1.82) is 0 Å². The van der Waals surface area contributed by atoms with E-state index in [0.29, 0.717) is 17.7 Å². The molecule has 110 valence electrons. The summed E-state index contributed by atoms with van der Waals surface area (Å²) >= 11 is 0. The molecule has 0 aromatic carbocycles. The van der Waals surface area contributed by atoms with Crippen molar-refractivity contribution in [2.45, 2.75) is 51.5 Å². The molecule has 1 amide bonds. The Morgan fingerprint density at radius 3 is 2.58 bits per heavy atom. The molecule has 1 saturated carbocycles. The van der Waals surface area contributed by atoms with Gasteiger partial charge in [0.2, 0.25) is 5.91 Å². The normalized spacial score (nSPS) is 31.2. The summed E-state index contributed by atoms with van der Waals surface area (Å²) in [4.78, 5) is 14.5. The SMILES string of the molecule is CC(C(=O)N1CCC(CO)CC1)C1CCCC(N)C1. The van der Waals surface area contributed by atoms with Gasteiger partial charge in [0.1, 0.15) is 0 Å². The molecule has 0 bridgehead atoms. The number of carbonyl (C=O) groups excluding carboxylic acids is 1. The lowest BCUT2D eigenvalue weighted by atomic mass is 9.78. The summed E-state index contributed by atoms with van der Waals surface area (Å²) < 4.78 is 0. The summed E-state index contributed by atoms with van der Waals surface area (Å²) in [5, 5.41) is 9.14. The zero-order chi connectivity index (χ0) is 13.8. The van der Waals surface area contributed by atoms with Crippen LogP contribution in [0.15, 0.2) is 0 Å². The van der Waals surface area contributed by atoms with Crippen molar-refractivity contribution >= 4 is 5.91 Å². The number of aliphatic hydroxyl groups is 1. The molecule has 1 aliphatic carbocycles. The Kier molecular flexibility index (Phi) is 5.22. The minimum absolute atomic E-state index is 0.108. The van der Waals surface area contributed by atoms with E-state index in [1.165, 1.54) is 0 Å². The van der Waals surface area contributed by atoms with E-state index >= 15 is 0 Å². The van der Waals surface area contributed by atoms with E-state index in [2.05, 4.69) is 6.92 Å². The van der Waals surface area contributed by atoms with E-state index in [-0.39, 0.29) is 18.6 Å². The van der Waals surface area contributed by atoms with Gasteiger partial charge in [-0.15, -0.1) is 0 Å². The van der Waals surface area contributed by atoms with Gasteiger partial charge in [0.15, 0.2) is 0 Å². The van der Waals surface area contributed by atoms with Gasteiger partial charge in [0.05, 0.1) is 0 Å². The summed E-state index contributed by atoms with van der Waals surface area (Å²) in [5.74, 6) is 1.27. The first-order chi connectivity index (χ1) is 9.11. The minimum Gasteiger partial charge on any atom is -0.396 e. The number of likely N-dealkylation sites (tertiary alicyclic amines) is 1. The third-order valence-corrected chi connectivity index (χ3v) is 5.04. The third-order valence-electron chi connectivity index (χ3n) is 5.04. The van der Waals surface area contributed by atoms with Gasteiger partial charge in [-0.25, -0.2) is 0 Å². The molecule has 3 unspecified atom stereocenters. The predicted octanol–water partition coefficient (Wildman–Crippen LogP) is 1.37. The third kappa shape index (κ3) is 3.69. The van der Waals surface area contributed by atoms with Crippen LogP contribution >= 0.6 is 0 Å². The van der Waals surface area contributed by atoms with E-state index in [9.17, 15) is 4.79 Å². The highest BCUT2D eigenvalue weighted by atomic mass is 16.3. The van der Waals surface area contributed by atoms with Crippen molar-refractivity contribution in [3.63, 3.8) is 0 Å². The summed E-state index contributed by atoms with van der Waals surface area (Å²) in [6.45, 7) is 3.96. The molecule has 2 rings (SSSR count). The van der Waals surface area contributed by atoms with Crippen LogP contribution in [0.5, 0.6) is 0 Å². The molecule has 1 saturated heterocycles. The van der Waals surface area contributed by atoms with Crippen LogP contribution in [-0.4, -0.2) is 41.7 Å². The Balaban J connectivity index is 1.85. The topological polar surface area (TPSA) is 66.6 Å². The molecule has 0 spiro atoms. The van der Waals surface area contributed by atoms with Crippen LogP contribution in [0.25, 0.3) is 0 Å². The van der Waals surface area contributed by atoms with Crippen LogP contribution in [0.1, 0.15) is 45.4 Å². The molecular weight excluding hydrogens is 240 g/mol. The smallest absolute Gasteiger partial charge is 0.225 e. The first-order valence-corrected chi connectivity index (χ1v) is 7.77. The van der Waals surface area contributed by atoms with Crippen molar-refractivity contribution in [3.05, 3.63) is 0 Å². The van der Waals surface area contributed by atoms with Gasteiger partial charge in [0, 0.05) is 31.7 Å². The number of aliphatic hydroxyl groups excluding tert-OH is 1. The lowest BCUT2D eigenvalue weighted by Crippen LogP contribution is -2.44. The highest BCUT2D eigenvalue weighted by Gasteiger charge is 2.32. The average molecular weight is 268 g/mol. The quantitative estimate of drug-likeness (QED) is 0.812. The van der Waals surface area contributed by atoms with Crippen molar-refractivity contribution in [3.8, 4) is 0 Å². The van der Waals surface area contributed by atoms with Gasteiger partial charge in [-0.05, 0) is 43.9 Å².